The molecule has 9 nitrogen and oxygen atoms in total. The average molecular weight is 402 g/mol. The number of fused-ring (bicyclic) bond motifs is 1. The Morgan fingerprint density at radius 2 is 1.89 bits per heavy atom. The number of carbonyl (C=O) groups is 2. The second-order valence-corrected chi connectivity index (χ2v) is 7.76. The number of rotatable bonds is 5. The van der Waals surface area contributed by atoms with Gasteiger partial charge in [0.05, 0.1) is 4.90 Å². The number of primary sulfonamides is 1. The van der Waals surface area contributed by atoms with E-state index in [1.807, 2.05) is 19.1 Å². The topological polar surface area (TPSA) is 133 Å². The zero-order chi connectivity index (χ0) is 20.5. The maximum atomic E-state index is 12.3. The molecule has 0 aliphatic heterocycles. The number of nitrogens with one attached hydrogen (secondary N) is 1. The lowest BCUT2D eigenvalue weighted by Crippen LogP contribution is -2.30. The number of benzene rings is 1. The van der Waals surface area contributed by atoms with E-state index in [1.54, 1.807) is 10.6 Å². The van der Waals surface area contributed by atoms with Crippen molar-refractivity contribution in [2.45, 2.75) is 24.8 Å². The van der Waals surface area contributed by atoms with Crippen LogP contribution in [0.4, 0.5) is 5.69 Å². The van der Waals surface area contributed by atoms with Crippen molar-refractivity contribution >= 4 is 33.2 Å². The number of nitrogens with zero attached hydrogens (tertiary/aromatic N) is 2. The van der Waals surface area contributed by atoms with Crippen LogP contribution in [0, 0.1) is 6.92 Å². The second kappa shape index (κ2) is 7.41. The van der Waals surface area contributed by atoms with Gasteiger partial charge in [-0.3, -0.25) is 4.79 Å². The standard InChI is InChI=1S/C18H18N4O5S/c1-11-7-8-22-10-15(21-16(22)9-11)18(24)27-12(2)17(23)20-13-3-5-14(6-4-13)28(19,25)26/h3-10,12H,1-2H3,(H,20,23)(H2,19,25,26)/t12-/m0/s1. The van der Waals surface area contributed by atoms with Crippen LogP contribution in [0.25, 0.3) is 5.65 Å². The Bertz CT molecular complexity index is 1150. The summed E-state index contributed by atoms with van der Waals surface area (Å²) in [4.78, 5) is 28.6. The molecule has 2 heterocycles. The lowest BCUT2D eigenvalue weighted by molar-refractivity contribution is -0.123. The third-order valence-electron chi connectivity index (χ3n) is 3.93. The molecule has 0 radical (unpaired) electrons. The molecule has 2 aromatic heterocycles. The van der Waals surface area contributed by atoms with Gasteiger partial charge in [0.2, 0.25) is 10.0 Å². The SMILES string of the molecule is Cc1ccn2cc(C(=O)O[C@@H](C)C(=O)Nc3ccc(S(N)(=O)=O)cc3)nc2c1. The zero-order valence-electron chi connectivity index (χ0n) is 15.1. The van der Waals surface area contributed by atoms with Gasteiger partial charge >= 0.3 is 5.97 Å². The number of amides is 1. The quantitative estimate of drug-likeness (QED) is 0.621. The molecule has 0 fully saturated rings. The molecule has 3 aromatic rings. The van der Waals surface area contributed by atoms with Crippen molar-refractivity contribution < 1.29 is 22.7 Å². The molecule has 1 aromatic carbocycles. The third kappa shape index (κ3) is 4.35. The van der Waals surface area contributed by atoms with Gasteiger partial charge in [-0.25, -0.2) is 23.3 Å². The number of esters is 1. The number of imidazole rings is 1. The first-order chi connectivity index (χ1) is 13.1. The highest BCUT2D eigenvalue weighted by Gasteiger charge is 2.21. The van der Waals surface area contributed by atoms with Crippen LogP contribution in [0.2, 0.25) is 0 Å². The molecule has 0 unspecified atom stereocenters. The van der Waals surface area contributed by atoms with Gasteiger partial charge in [-0.15, -0.1) is 0 Å². The van der Waals surface area contributed by atoms with E-state index in [-0.39, 0.29) is 10.6 Å². The fourth-order valence-electron chi connectivity index (χ4n) is 2.43. The summed E-state index contributed by atoms with van der Waals surface area (Å²) in [6.07, 6.45) is 2.21. The van der Waals surface area contributed by atoms with Gasteiger partial charge in [0.1, 0.15) is 5.65 Å². The summed E-state index contributed by atoms with van der Waals surface area (Å²) in [7, 11) is -3.82. The summed E-state index contributed by atoms with van der Waals surface area (Å²) >= 11 is 0. The van der Waals surface area contributed by atoms with Crippen LogP contribution in [0.5, 0.6) is 0 Å². The van der Waals surface area contributed by atoms with Gasteiger partial charge in [-0.2, -0.15) is 0 Å². The molecule has 0 bridgehead atoms. The molecule has 28 heavy (non-hydrogen) atoms. The van der Waals surface area contributed by atoms with Gasteiger partial charge in [0.15, 0.2) is 11.8 Å². The molecule has 10 heteroatoms. The highest BCUT2D eigenvalue weighted by Crippen LogP contribution is 2.14. The minimum absolute atomic E-state index is 0.0768. The Labute approximate surface area is 161 Å². The molecule has 1 atom stereocenters. The first-order valence-corrected chi connectivity index (χ1v) is 9.78. The molecule has 0 saturated carbocycles. The van der Waals surface area contributed by atoms with Crippen LogP contribution in [-0.4, -0.2) is 35.8 Å². The Morgan fingerprint density at radius 1 is 1.21 bits per heavy atom. The number of aryl methyl sites for hydroxylation is 1. The van der Waals surface area contributed by atoms with Crippen molar-refractivity contribution in [2.75, 3.05) is 5.32 Å². The van der Waals surface area contributed by atoms with Crippen LogP contribution >= 0.6 is 0 Å². The summed E-state index contributed by atoms with van der Waals surface area (Å²) < 4.78 is 29.3. The Hall–Kier alpha value is -3.24. The second-order valence-electron chi connectivity index (χ2n) is 6.20. The van der Waals surface area contributed by atoms with Gasteiger partial charge in [0.25, 0.3) is 5.91 Å². The van der Waals surface area contributed by atoms with Crippen molar-refractivity contribution in [3.8, 4) is 0 Å². The van der Waals surface area contributed by atoms with E-state index in [9.17, 15) is 18.0 Å². The molecular weight excluding hydrogens is 384 g/mol. The van der Waals surface area contributed by atoms with E-state index in [1.165, 1.54) is 37.4 Å². The molecule has 0 saturated heterocycles. The molecule has 0 aliphatic rings. The highest BCUT2D eigenvalue weighted by molar-refractivity contribution is 7.89. The average Bonchev–Trinajstić information content (AvgIpc) is 3.04. The van der Waals surface area contributed by atoms with Crippen molar-refractivity contribution in [3.05, 3.63) is 60.0 Å². The van der Waals surface area contributed by atoms with E-state index in [2.05, 4.69) is 10.3 Å². The first-order valence-electron chi connectivity index (χ1n) is 8.23. The number of hydrogen-bond donors (Lipinski definition) is 2. The summed E-state index contributed by atoms with van der Waals surface area (Å²) in [5.41, 5.74) is 2.02. The van der Waals surface area contributed by atoms with Crippen molar-refractivity contribution in [1.82, 2.24) is 9.38 Å². The van der Waals surface area contributed by atoms with E-state index in [0.29, 0.717) is 11.3 Å². The molecule has 1 amide bonds. The number of sulfonamides is 1. The van der Waals surface area contributed by atoms with E-state index in [4.69, 9.17) is 9.88 Å². The fourth-order valence-corrected chi connectivity index (χ4v) is 2.94. The predicted molar refractivity (Wildman–Crippen MR) is 101 cm³/mol. The van der Waals surface area contributed by atoms with Crippen LogP contribution in [0.3, 0.4) is 0 Å². The molecule has 146 valence electrons. The first kappa shape index (κ1) is 19.5. The van der Waals surface area contributed by atoms with Gasteiger partial charge < -0.3 is 14.5 Å². The maximum absolute atomic E-state index is 12.3. The van der Waals surface area contributed by atoms with Crippen molar-refractivity contribution in [1.29, 1.82) is 0 Å². The van der Waals surface area contributed by atoms with Crippen molar-refractivity contribution in [2.24, 2.45) is 5.14 Å². The number of pyridine rings is 1. The van der Waals surface area contributed by atoms with Crippen LogP contribution in [0.15, 0.2) is 53.7 Å². The predicted octanol–water partition coefficient (Wildman–Crippen LogP) is 1.47. The highest BCUT2D eigenvalue weighted by atomic mass is 32.2. The van der Waals surface area contributed by atoms with Gasteiger partial charge in [0, 0.05) is 18.1 Å². The van der Waals surface area contributed by atoms with E-state index < -0.39 is 28.0 Å². The van der Waals surface area contributed by atoms with E-state index in [0.717, 1.165) is 5.56 Å². The van der Waals surface area contributed by atoms with Crippen LogP contribution < -0.4 is 10.5 Å². The number of anilines is 1. The summed E-state index contributed by atoms with van der Waals surface area (Å²) in [5, 5.41) is 7.56. The fraction of sp³-hybridized carbons (Fsp3) is 0.167. The Morgan fingerprint density at radius 3 is 2.54 bits per heavy atom. The number of nitrogens with two attached hydrogens (primary N) is 1. The smallest absolute Gasteiger partial charge is 0.359 e. The van der Waals surface area contributed by atoms with Crippen LogP contribution in [-0.2, 0) is 19.6 Å². The van der Waals surface area contributed by atoms with Crippen molar-refractivity contribution in [3.63, 3.8) is 0 Å². The summed E-state index contributed by atoms with van der Waals surface area (Å²) in [6.45, 7) is 3.33. The molecule has 0 spiro atoms. The monoisotopic (exact) mass is 402 g/mol. The lowest BCUT2D eigenvalue weighted by atomic mass is 10.3. The van der Waals surface area contributed by atoms with E-state index >= 15 is 0 Å². The normalized spacial score (nSPS) is 12.5. The largest absolute Gasteiger partial charge is 0.448 e. The molecule has 3 N–H and O–H groups in total. The summed E-state index contributed by atoms with van der Waals surface area (Å²) in [5.74, 6) is -1.30. The summed E-state index contributed by atoms with van der Waals surface area (Å²) in [6, 6.07) is 8.99. The minimum atomic E-state index is -3.82. The number of aromatic nitrogens is 2. The number of carbonyl (C=O) groups excluding carboxylic acids is 2. The van der Waals surface area contributed by atoms with Crippen LogP contribution in [0.1, 0.15) is 23.0 Å². The Kier molecular flexibility index (Phi) is 5.16. The molecule has 3 rings (SSSR count). The van der Waals surface area contributed by atoms with Gasteiger partial charge in [-0.05, 0) is 55.8 Å². The molecular formula is C18H18N4O5S. The third-order valence-corrected chi connectivity index (χ3v) is 4.86. The zero-order valence-corrected chi connectivity index (χ0v) is 15.9. The molecule has 0 aliphatic carbocycles. The number of hydrogen-bond acceptors (Lipinski definition) is 6. The minimum Gasteiger partial charge on any atom is -0.448 e. The Balaban J connectivity index is 1.65. The maximum Gasteiger partial charge on any atom is 0.359 e. The number of ether oxygens (including phenoxy) is 1. The lowest BCUT2D eigenvalue weighted by Gasteiger charge is -2.13. The van der Waals surface area contributed by atoms with Gasteiger partial charge in [-0.1, -0.05) is 0 Å².